The topological polar surface area (TPSA) is 64.6 Å². The third-order valence-electron chi connectivity index (χ3n) is 2.02. The highest BCUT2D eigenvalue weighted by Gasteiger charge is 2.23. The summed E-state index contributed by atoms with van der Waals surface area (Å²) in [5.41, 5.74) is 13.9. The second-order valence-electron chi connectivity index (χ2n) is 3.12. The molecule has 12 heavy (non-hydrogen) atoms. The smallest absolute Gasteiger partial charge is 0.0850 e. The first-order valence-electron chi connectivity index (χ1n) is 4.01. The number of ether oxygens (including phenoxy) is 1. The molecule has 0 aliphatic carbocycles. The average molecular weight is 164 g/mol. The van der Waals surface area contributed by atoms with Gasteiger partial charge in [-0.25, -0.2) is 0 Å². The highest BCUT2D eigenvalue weighted by atomic mass is 16.6. The summed E-state index contributed by atoms with van der Waals surface area (Å²) < 4.78 is 5.11. The SMILES string of the molecule is Nc1ccc(CC2CO2)c(N)c1. The van der Waals surface area contributed by atoms with Crippen LogP contribution in [0, 0.1) is 0 Å². The maximum Gasteiger partial charge on any atom is 0.0850 e. The van der Waals surface area contributed by atoms with Gasteiger partial charge in [-0.15, -0.1) is 0 Å². The van der Waals surface area contributed by atoms with Crippen LogP contribution < -0.4 is 11.5 Å². The monoisotopic (exact) mass is 164 g/mol. The number of benzene rings is 1. The molecule has 0 radical (unpaired) electrons. The number of nitrogen functional groups attached to an aromatic ring is 2. The van der Waals surface area contributed by atoms with Crippen molar-refractivity contribution in [2.24, 2.45) is 0 Å². The van der Waals surface area contributed by atoms with Gasteiger partial charge in [0.1, 0.15) is 0 Å². The molecule has 1 fully saturated rings. The lowest BCUT2D eigenvalue weighted by atomic mass is 10.1. The zero-order valence-corrected chi connectivity index (χ0v) is 6.79. The van der Waals surface area contributed by atoms with E-state index in [9.17, 15) is 0 Å². The van der Waals surface area contributed by atoms with Gasteiger partial charge in [0.05, 0.1) is 12.7 Å². The molecule has 0 bridgehead atoms. The highest BCUT2D eigenvalue weighted by molar-refractivity contribution is 5.56. The van der Waals surface area contributed by atoms with Gasteiger partial charge in [-0.05, 0) is 17.7 Å². The Balaban J connectivity index is 2.18. The largest absolute Gasteiger partial charge is 0.399 e. The molecule has 1 aliphatic heterocycles. The van der Waals surface area contributed by atoms with Gasteiger partial charge in [-0.2, -0.15) is 0 Å². The first kappa shape index (κ1) is 7.43. The van der Waals surface area contributed by atoms with E-state index in [0.29, 0.717) is 11.8 Å². The van der Waals surface area contributed by atoms with Crippen molar-refractivity contribution in [3.05, 3.63) is 23.8 Å². The molecule has 4 N–H and O–H groups in total. The minimum atomic E-state index is 0.385. The standard InChI is InChI=1S/C9H12N2O/c10-7-2-1-6(9(11)4-7)3-8-5-12-8/h1-2,4,8H,3,5,10-11H2. The molecule has 1 aromatic rings. The summed E-state index contributed by atoms with van der Waals surface area (Å²) in [5, 5.41) is 0. The van der Waals surface area contributed by atoms with E-state index in [2.05, 4.69) is 0 Å². The van der Waals surface area contributed by atoms with Gasteiger partial charge in [0, 0.05) is 17.8 Å². The normalized spacial score (nSPS) is 20.8. The van der Waals surface area contributed by atoms with E-state index in [1.807, 2.05) is 12.1 Å². The Bertz CT molecular complexity index is 295. The second kappa shape index (κ2) is 2.68. The van der Waals surface area contributed by atoms with E-state index in [4.69, 9.17) is 16.2 Å². The lowest BCUT2D eigenvalue weighted by molar-refractivity contribution is 0.408. The van der Waals surface area contributed by atoms with Gasteiger partial charge < -0.3 is 16.2 Å². The maximum absolute atomic E-state index is 5.76. The first-order valence-corrected chi connectivity index (χ1v) is 4.01. The van der Waals surface area contributed by atoms with Crippen molar-refractivity contribution in [2.75, 3.05) is 18.1 Å². The van der Waals surface area contributed by atoms with Gasteiger partial charge in [-0.1, -0.05) is 6.07 Å². The first-order chi connectivity index (χ1) is 5.75. The van der Waals surface area contributed by atoms with Crippen LogP contribution in [0.25, 0.3) is 0 Å². The molecule has 1 atom stereocenters. The van der Waals surface area contributed by atoms with E-state index in [1.54, 1.807) is 6.07 Å². The van der Waals surface area contributed by atoms with E-state index >= 15 is 0 Å². The van der Waals surface area contributed by atoms with Crippen LogP contribution >= 0.6 is 0 Å². The summed E-state index contributed by atoms with van der Waals surface area (Å²) in [6, 6.07) is 5.62. The van der Waals surface area contributed by atoms with E-state index in [-0.39, 0.29) is 0 Å². The maximum atomic E-state index is 5.76. The number of anilines is 2. The lowest BCUT2D eigenvalue weighted by Crippen LogP contribution is -1.99. The quantitative estimate of drug-likeness (QED) is 0.501. The van der Waals surface area contributed by atoms with Crippen LogP contribution in [-0.2, 0) is 11.2 Å². The molecule has 64 valence electrons. The summed E-state index contributed by atoms with van der Waals surface area (Å²) >= 11 is 0. The Morgan fingerprint density at radius 3 is 2.75 bits per heavy atom. The van der Waals surface area contributed by atoms with Gasteiger partial charge in [0.15, 0.2) is 0 Å². The lowest BCUT2D eigenvalue weighted by Gasteiger charge is -2.03. The van der Waals surface area contributed by atoms with Crippen molar-refractivity contribution in [3.8, 4) is 0 Å². The molecule has 1 unspecified atom stereocenters. The molecule has 3 heteroatoms. The third kappa shape index (κ3) is 1.51. The van der Waals surface area contributed by atoms with Crippen LogP contribution in [-0.4, -0.2) is 12.7 Å². The number of epoxide rings is 1. The Morgan fingerprint density at radius 1 is 1.42 bits per heavy atom. The molecule has 1 saturated heterocycles. The van der Waals surface area contributed by atoms with Gasteiger partial charge in [-0.3, -0.25) is 0 Å². The number of rotatable bonds is 2. The van der Waals surface area contributed by atoms with E-state index < -0.39 is 0 Å². The average Bonchev–Trinajstić information content (AvgIpc) is 2.79. The molecular formula is C9H12N2O. The highest BCUT2D eigenvalue weighted by Crippen LogP contribution is 2.22. The summed E-state index contributed by atoms with van der Waals surface area (Å²) in [4.78, 5) is 0. The minimum absolute atomic E-state index is 0.385. The van der Waals surface area contributed by atoms with Crippen LogP contribution in [0.4, 0.5) is 11.4 Å². The number of hydrogen-bond acceptors (Lipinski definition) is 3. The molecular weight excluding hydrogens is 152 g/mol. The predicted molar refractivity (Wildman–Crippen MR) is 48.7 cm³/mol. The third-order valence-corrected chi connectivity index (χ3v) is 2.02. The minimum Gasteiger partial charge on any atom is -0.399 e. The molecule has 0 aromatic heterocycles. The molecule has 2 rings (SSSR count). The Morgan fingerprint density at radius 2 is 2.17 bits per heavy atom. The molecule has 1 aromatic carbocycles. The molecule has 0 saturated carbocycles. The van der Waals surface area contributed by atoms with Crippen LogP contribution in [0.1, 0.15) is 5.56 Å². The molecule has 1 heterocycles. The number of nitrogens with two attached hydrogens (primary N) is 2. The van der Waals surface area contributed by atoms with Crippen molar-refractivity contribution in [1.82, 2.24) is 0 Å². The molecule has 0 amide bonds. The van der Waals surface area contributed by atoms with Gasteiger partial charge in [0.2, 0.25) is 0 Å². The van der Waals surface area contributed by atoms with Crippen molar-refractivity contribution in [1.29, 1.82) is 0 Å². The Hall–Kier alpha value is -1.22. The Kier molecular flexibility index (Phi) is 1.66. The van der Waals surface area contributed by atoms with Crippen LogP contribution in [0.3, 0.4) is 0 Å². The molecule has 0 spiro atoms. The molecule has 1 aliphatic rings. The van der Waals surface area contributed by atoms with Crippen molar-refractivity contribution >= 4 is 11.4 Å². The van der Waals surface area contributed by atoms with Crippen LogP contribution in [0.2, 0.25) is 0 Å². The van der Waals surface area contributed by atoms with Crippen molar-refractivity contribution < 1.29 is 4.74 Å². The Labute approximate surface area is 71.3 Å². The van der Waals surface area contributed by atoms with Gasteiger partial charge >= 0.3 is 0 Å². The zero-order valence-electron chi connectivity index (χ0n) is 6.79. The fourth-order valence-electron chi connectivity index (χ4n) is 1.23. The fourth-order valence-corrected chi connectivity index (χ4v) is 1.23. The molecule has 3 nitrogen and oxygen atoms in total. The summed E-state index contributed by atoms with van der Waals surface area (Å²) in [5.74, 6) is 0. The van der Waals surface area contributed by atoms with Crippen molar-refractivity contribution in [3.63, 3.8) is 0 Å². The summed E-state index contributed by atoms with van der Waals surface area (Å²) in [6.07, 6.45) is 1.29. The van der Waals surface area contributed by atoms with Gasteiger partial charge in [0.25, 0.3) is 0 Å². The van der Waals surface area contributed by atoms with E-state index in [0.717, 1.165) is 24.3 Å². The second-order valence-corrected chi connectivity index (χ2v) is 3.12. The van der Waals surface area contributed by atoms with Crippen LogP contribution in [0.5, 0.6) is 0 Å². The number of hydrogen-bond donors (Lipinski definition) is 2. The predicted octanol–water partition coefficient (Wildman–Crippen LogP) is 0.792. The van der Waals surface area contributed by atoms with E-state index in [1.165, 1.54) is 0 Å². The summed E-state index contributed by atoms with van der Waals surface area (Å²) in [6.45, 7) is 0.865. The summed E-state index contributed by atoms with van der Waals surface area (Å²) in [7, 11) is 0. The van der Waals surface area contributed by atoms with Crippen molar-refractivity contribution in [2.45, 2.75) is 12.5 Å². The fraction of sp³-hybridized carbons (Fsp3) is 0.333. The zero-order chi connectivity index (χ0) is 8.55. The van der Waals surface area contributed by atoms with Crippen LogP contribution in [0.15, 0.2) is 18.2 Å².